The second-order valence-corrected chi connectivity index (χ2v) is 5.87. The van der Waals surface area contributed by atoms with Crippen LogP contribution in [-0.4, -0.2) is 19.6 Å². The molecule has 1 saturated heterocycles. The Morgan fingerprint density at radius 3 is 2.90 bits per heavy atom. The topological polar surface area (TPSA) is 15.3 Å². The molecular weight excluding hydrogens is 251 g/mol. The summed E-state index contributed by atoms with van der Waals surface area (Å²) in [6, 6.07) is 5.42. The monoisotopic (exact) mass is 278 g/mol. The fraction of sp³-hybridized carbons (Fsp3) is 0.647. The van der Waals surface area contributed by atoms with Crippen molar-refractivity contribution in [1.29, 1.82) is 0 Å². The van der Waals surface area contributed by atoms with Gasteiger partial charge in [0.15, 0.2) is 0 Å². The van der Waals surface area contributed by atoms with Crippen LogP contribution in [0.4, 0.5) is 10.1 Å². The lowest BCUT2D eigenvalue weighted by Gasteiger charge is -2.25. The van der Waals surface area contributed by atoms with Crippen molar-refractivity contribution in [1.82, 2.24) is 5.32 Å². The summed E-state index contributed by atoms with van der Waals surface area (Å²) in [6.45, 7) is 9.56. The predicted octanol–water partition coefficient (Wildman–Crippen LogP) is 4.12. The predicted molar refractivity (Wildman–Crippen MR) is 83.7 cm³/mol. The minimum atomic E-state index is -0.141. The fourth-order valence-electron chi connectivity index (χ4n) is 3.27. The van der Waals surface area contributed by atoms with Crippen molar-refractivity contribution in [2.24, 2.45) is 5.92 Å². The average Bonchev–Trinajstić information content (AvgIpc) is 2.88. The average molecular weight is 278 g/mol. The van der Waals surface area contributed by atoms with Crippen molar-refractivity contribution >= 4 is 5.69 Å². The molecule has 112 valence electrons. The van der Waals surface area contributed by atoms with Gasteiger partial charge in [0.25, 0.3) is 0 Å². The first-order valence-electron chi connectivity index (χ1n) is 7.93. The summed E-state index contributed by atoms with van der Waals surface area (Å²) in [5.74, 6) is 0.658. The highest BCUT2D eigenvalue weighted by atomic mass is 19.1. The van der Waals surface area contributed by atoms with Crippen LogP contribution in [0.3, 0.4) is 0 Å². The normalized spacial score (nSPS) is 20.4. The van der Waals surface area contributed by atoms with Crippen LogP contribution in [0.1, 0.15) is 51.6 Å². The molecule has 2 unspecified atom stereocenters. The van der Waals surface area contributed by atoms with E-state index in [1.165, 1.54) is 24.9 Å². The molecule has 3 heteroatoms. The highest BCUT2D eigenvalue weighted by Gasteiger charge is 2.24. The molecular formula is C17H27FN2. The van der Waals surface area contributed by atoms with Crippen LogP contribution in [0.25, 0.3) is 0 Å². The minimum Gasteiger partial charge on any atom is -0.371 e. The van der Waals surface area contributed by atoms with Crippen LogP contribution in [0.2, 0.25) is 0 Å². The van der Waals surface area contributed by atoms with Gasteiger partial charge in [-0.2, -0.15) is 0 Å². The van der Waals surface area contributed by atoms with Gasteiger partial charge in [0.1, 0.15) is 5.82 Å². The number of hydrogen-bond donors (Lipinski definition) is 1. The summed E-state index contributed by atoms with van der Waals surface area (Å²) in [5, 5.41) is 3.40. The molecule has 0 radical (unpaired) electrons. The van der Waals surface area contributed by atoms with Gasteiger partial charge in [0.05, 0.1) is 0 Å². The SMILES string of the molecule is CCCC1CCN(c2ccc(F)cc2C(C)NCC)C1. The van der Waals surface area contributed by atoms with Gasteiger partial charge in [0, 0.05) is 24.8 Å². The molecule has 1 aromatic rings. The van der Waals surface area contributed by atoms with Gasteiger partial charge in [-0.1, -0.05) is 20.3 Å². The molecule has 0 amide bonds. The number of nitrogens with zero attached hydrogens (tertiary/aromatic N) is 1. The minimum absolute atomic E-state index is 0.141. The Bertz CT molecular complexity index is 433. The Labute approximate surface area is 122 Å². The highest BCUT2D eigenvalue weighted by molar-refractivity contribution is 5.56. The largest absolute Gasteiger partial charge is 0.371 e. The van der Waals surface area contributed by atoms with Crippen molar-refractivity contribution in [2.45, 2.75) is 46.1 Å². The zero-order chi connectivity index (χ0) is 14.5. The van der Waals surface area contributed by atoms with Crippen molar-refractivity contribution in [2.75, 3.05) is 24.5 Å². The first-order chi connectivity index (χ1) is 9.65. The third-order valence-corrected chi connectivity index (χ3v) is 4.29. The lowest BCUT2D eigenvalue weighted by Crippen LogP contribution is -2.25. The summed E-state index contributed by atoms with van der Waals surface area (Å²) >= 11 is 0. The molecule has 2 nitrogen and oxygen atoms in total. The molecule has 20 heavy (non-hydrogen) atoms. The molecule has 0 saturated carbocycles. The Morgan fingerprint density at radius 1 is 1.40 bits per heavy atom. The Balaban J connectivity index is 2.19. The molecule has 0 bridgehead atoms. The summed E-state index contributed by atoms with van der Waals surface area (Å²) in [5.41, 5.74) is 2.29. The van der Waals surface area contributed by atoms with E-state index in [1.54, 1.807) is 12.1 Å². The first kappa shape index (κ1) is 15.3. The van der Waals surface area contributed by atoms with Crippen LogP contribution < -0.4 is 10.2 Å². The zero-order valence-electron chi connectivity index (χ0n) is 13.0. The van der Waals surface area contributed by atoms with Crippen LogP contribution in [0, 0.1) is 11.7 Å². The van der Waals surface area contributed by atoms with Crippen LogP contribution in [0.15, 0.2) is 18.2 Å². The maximum absolute atomic E-state index is 13.6. The molecule has 0 spiro atoms. The lowest BCUT2D eigenvalue weighted by molar-refractivity contribution is 0.529. The van der Waals surface area contributed by atoms with Gasteiger partial charge < -0.3 is 10.2 Å². The maximum Gasteiger partial charge on any atom is 0.123 e. The molecule has 1 heterocycles. The van der Waals surface area contributed by atoms with E-state index in [1.807, 2.05) is 6.07 Å². The van der Waals surface area contributed by atoms with Gasteiger partial charge in [-0.05, 0) is 56.0 Å². The molecule has 1 aliphatic rings. The second-order valence-electron chi connectivity index (χ2n) is 5.87. The summed E-state index contributed by atoms with van der Waals surface area (Å²) in [7, 11) is 0. The van der Waals surface area contributed by atoms with E-state index in [0.717, 1.165) is 31.1 Å². The fourth-order valence-corrected chi connectivity index (χ4v) is 3.27. The number of hydrogen-bond acceptors (Lipinski definition) is 2. The molecule has 0 aromatic heterocycles. The summed E-state index contributed by atoms with van der Waals surface area (Å²) in [4.78, 5) is 2.43. The zero-order valence-corrected chi connectivity index (χ0v) is 13.0. The lowest BCUT2D eigenvalue weighted by atomic mass is 10.0. The molecule has 2 rings (SSSR count). The van der Waals surface area contributed by atoms with Crippen molar-refractivity contribution in [3.8, 4) is 0 Å². The van der Waals surface area contributed by atoms with Gasteiger partial charge >= 0.3 is 0 Å². The third kappa shape index (κ3) is 3.51. The highest BCUT2D eigenvalue weighted by Crippen LogP contribution is 2.32. The van der Waals surface area contributed by atoms with Crippen molar-refractivity contribution in [3.05, 3.63) is 29.6 Å². The third-order valence-electron chi connectivity index (χ3n) is 4.29. The quantitative estimate of drug-likeness (QED) is 0.842. The molecule has 0 aliphatic carbocycles. The second kappa shape index (κ2) is 7.07. The molecule has 2 atom stereocenters. The van der Waals surface area contributed by atoms with Crippen molar-refractivity contribution in [3.63, 3.8) is 0 Å². The van der Waals surface area contributed by atoms with Gasteiger partial charge in [-0.3, -0.25) is 0 Å². The van der Waals surface area contributed by atoms with Gasteiger partial charge in [0.2, 0.25) is 0 Å². The molecule has 1 aromatic carbocycles. The molecule has 1 aliphatic heterocycles. The van der Waals surface area contributed by atoms with Gasteiger partial charge in [-0.25, -0.2) is 4.39 Å². The van der Waals surface area contributed by atoms with E-state index in [0.29, 0.717) is 0 Å². The van der Waals surface area contributed by atoms with E-state index >= 15 is 0 Å². The van der Waals surface area contributed by atoms with Crippen LogP contribution in [0.5, 0.6) is 0 Å². The van der Waals surface area contributed by atoms with Crippen molar-refractivity contribution < 1.29 is 4.39 Å². The van der Waals surface area contributed by atoms with E-state index in [-0.39, 0.29) is 11.9 Å². The standard InChI is InChI=1S/C17H27FN2/c1-4-6-14-9-10-20(12-14)17-8-7-15(18)11-16(17)13(3)19-5-2/h7-8,11,13-14,19H,4-6,9-10,12H2,1-3H3. The van der Waals surface area contributed by atoms with E-state index in [9.17, 15) is 4.39 Å². The first-order valence-corrected chi connectivity index (χ1v) is 7.93. The Hall–Kier alpha value is -1.09. The number of halogens is 1. The molecule has 1 fully saturated rings. The Morgan fingerprint density at radius 2 is 2.20 bits per heavy atom. The summed E-state index contributed by atoms with van der Waals surface area (Å²) < 4.78 is 13.6. The van der Waals surface area contributed by atoms with E-state index in [4.69, 9.17) is 0 Å². The smallest absolute Gasteiger partial charge is 0.123 e. The van der Waals surface area contributed by atoms with Crippen LogP contribution >= 0.6 is 0 Å². The van der Waals surface area contributed by atoms with Crippen LogP contribution in [-0.2, 0) is 0 Å². The number of benzene rings is 1. The number of anilines is 1. The summed E-state index contributed by atoms with van der Waals surface area (Å²) in [6.07, 6.45) is 3.82. The number of rotatable bonds is 6. The Kier molecular flexibility index (Phi) is 5.41. The van der Waals surface area contributed by atoms with E-state index < -0.39 is 0 Å². The van der Waals surface area contributed by atoms with Gasteiger partial charge in [-0.15, -0.1) is 0 Å². The molecule has 1 N–H and O–H groups in total. The van der Waals surface area contributed by atoms with E-state index in [2.05, 4.69) is 31.0 Å². The maximum atomic E-state index is 13.6. The number of nitrogens with one attached hydrogen (secondary N) is 1.